The van der Waals surface area contributed by atoms with Crippen LogP contribution in [0, 0.1) is 6.92 Å². The summed E-state index contributed by atoms with van der Waals surface area (Å²) >= 11 is 3.22. The molecule has 0 spiro atoms. The van der Waals surface area contributed by atoms with Gasteiger partial charge >= 0.3 is 5.97 Å². The molecule has 1 fully saturated rings. The molecule has 1 saturated heterocycles. The molecular formula is C13H16BrNO5S. The summed E-state index contributed by atoms with van der Waals surface area (Å²) in [7, 11) is -2.28. The topological polar surface area (TPSA) is 83.9 Å². The largest absolute Gasteiger partial charge is 0.478 e. The fourth-order valence-electron chi connectivity index (χ4n) is 2.21. The summed E-state index contributed by atoms with van der Waals surface area (Å²) in [5.74, 6) is -1.17. The lowest BCUT2D eigenvalue weighted by Crippen LogP contribution is -2.37. The molecule has 21 heavy (non-hydrogen) atoms. The van der Waals surface area contributed by atoms with Crippen molar-refractivity contribution in [1.29, 1.82) is 0 Å². The minimum Gasteiger partial charge on any atom is -0.478 e. The first-order valence-corrected chi connectivity index (χ1v) is 8.57. The number of ether oxygens (including phenoxy) is 1. The van der Waals surface area contributed by atoms with Crippen LogP contribution in [0.4, 0.5) is 0 Å². The summed E-state index contributed by atoms with van der Waals surface area (Å²) < 4.78 is 32.4. The highest BCUT2D eigenvalue weighted by Gasteiger charge is 2.32. The van der Waals surface area contributed by atoms with Crippen LogP contribution >= 0.6 is 15.9 Å². The van der Waals surface area contributed by atoms with Gasteiger partial charge in [-0.05, 0) is 31.0 Å². The molecule has 1 aliphatic rings. The van der Waals surface area contributed by atoms with Gasteiger partial charge in [0.2, 0.25) is 10.0 Å². The van der Waals surface area contributed by atoms with Crippen LogP contribution in [0.5, 0.6) is 0 Å². The molecule has 1 aliphatic heterocycles. The first-order chi connectivity index (χ1) is 9.75. The van der Waals surface area contributed by atoms with Crippen molar-refractivity contribution >= 4 is 31.9 Å². The molecule has 0 aliphatic carbocycles. The number of rotatable bonds is 4. The number of aromatic carboxylic acids is 1. The normalized spacial score (nSPS) is 19.1. The molecule has 1 atom stereocenters. The van der Waals surface area contributed by atoms with Gasteiger partial charge in [-0.3, -0.25) is 0 Å². The predicted octanol–water partition coefficient (Wildman–Crippen LogP) is 1.87. The maximum atomic E-state index is 12.7. The summed E-state index contributed by atoms with van der Waals surface area (Å²) in [6.07, 6.45) is 0.634. The number of hydrogen-bond donors (Lipinski definition) is 1. The molecule has 8 heteroatoms. The van der Waals surface area contributed by atoms with Crippen LogP contribution in [0.2, 0.25) is 0 Å². The number of sulfonamides is 1. The first-order valence-electron chi connectivity index (χ1n) is 6.34. The number of likely N-dealkylation sites (N-methyl/N-ethyl adjacent to an activating group) is 1. The third kappa shape index (κ3) is 3.13. The Morgan fingerprint density at radius 1 is 1.48 bits per heavy atom. The first kappa shape index (κ1) is 16.4. The summed E-state index contributed by atoms with van der Waals surface area (Å²) in [5, 5.41) is 9.09. The fourth-order valence-corrected chi connectivity index (χ4v) is 4.44. The molecule has 0 amide bonds. The van der Waals surface area contributed by atoms with Gasteiger partial charge in [-0.15, -0.1) is 0 Å². The van der Waals surface area contributed by atoms with Gasteiger partial charge in [0, 0.05) is 18.1 Å². The molecule has 0 bridgehead atoms. The Morgan fingerprint density at radius 3 is 2.67 bits per heavy atom. The van der Waals surface area contributed by atoms with Gasteiger partial charge in [0.25, 0.3) is 0 Å². The quantitative estimate of drug-likeness (QED) is 0.865. The molecule has 116 valence electrons. The van der Waals surface area contributed by atoms with Gasteiger partial charge in [-0.2, -0.15) is 4.31 Å². The van der Waals surface area contributed by atoms with Crippen molar-refractivity contribution < 1.29 is 23.1 Å². The van der Waals surface area contributed by atoms with Crippen LogP contribution in [-0.2, 0) is 14.8 Å². The zero-order chi connectivity index (χ0) is 15.8. The van der Waals surface area contributed by atoms with Gasteiger partial charge in [0.05, 0.1) is 23.1 Å². The van der Waals surface area contributed by atoms with Gasteiger partial charge in [-0.1, -0.05) is 15.9 Å². The average molecular weight is 378 g/mol. The Hall–Kier alpha value is -0.960. The van der Waals surface area contributed by atoms with Crippen molar-refractivity contribution in [1.82, 2.24) is 4.31 Å². The Balaban J connectivity index is 2.50. The van der Waals surface area contributed by atoms with Gasteiger partial charge < -0.3 is 9.84 Å². The van der Waals surface area contributed by atoms with E-state index in [1.165, 1.54) is 23.5 Å². The maximum absolute atomic E-state index is 12.7. The maximum Gasteiger partial charge on any atom is 0.335 e. The lowest BCUT2D eigenvalue weighted by atomic mass is 10.1. The molecule has 1 aromatic rings. The van der Waals surface area contributed by atoms with Crippen molar-refractivity contribution in [3.8, 4) is 0 Å². The van der Waals surface area contributed by atoms with E-state index in [0.717, 1.165) is 0 Å². The summed E-state index contributed by atoms with van der Waals surface area (Å²) in [6, 6.07) is 2.38. The van der Waals surface area contributed by atoms with E-state index in [-0.39, 0.29) is 16.5 Å². The average Bonchev–Trinajstić information content (AvgIpc) is 2.94. The molecule has 1 heterocycles. The van der Waals surface area contributed by atoms with Gasteiger partial charge in [0.15, 0.2) is 0 Å². The zero-order valence-corrected chi connectivity index (χ0v) is 14.1. The minimum atomic E-state index is -3.77. The lowest BCUT2D eigenvalue weighted by Gasteiger charge is -2.24. The van der Waals surface area contributed by atoms with E-state index in [2.05, 4.69) is 15.9 Å². The number of halogens is 1. The van der Waals surface area contributed by atoms with E-state index in [0.29, 0.717) is 29.7 Å². The number of benzene rings is 1. The standard InChI is InChI=1S/C13H16BrNO5S/c1-8-11(14)5-9(13(16)17)6-12(8)21(18,19)15(2)10-3-4-20-7-10/h5-6,10H,3-4,7H2,1-2H3,(H,16,17). The van der Waals surface area contributed by atoms with E-state index < -0.39 is 16.0 Å². The van der Waals surface area contributed by atoms with Crippen molar-refractivity contribution in [2.24, 2.45) is 0 Å². The van der Waals surface area contributed by atoms with E-state index >= 15 is 0 Å². The highest BCUT2D eigenvalue weighted by atomic mass is 79.9. The van der Waals surface area contributed by atoms with Crippen molar-refractivity contribution in [2.45, 2.75) is 24.3 Å². The van der Waals surface area contributed by atoms with Crippen LogP contribution in [-0.4, -0.2) is 50.1 Å². The Kier molecular flexibility index (Phi) is 4.72. The molecule has 1 N–H and O–H groups in total. The van der Waals surface area contributed by atoms with Crippen LogP contribution < -0.4 is 0 Å². The molecule has 1 unspecified atom stereocenters. The molecule has 0 aromatic heterocycles. The van der Waals surface area contributed by atoms with Crippen LogP contribution in [0.15, 0.2) is 21.5 Å². The Bertz CT molecular complexity index is 667. The predicted molar refractivity (Wildman–Crippen MR) is 80.0 cm³/mol. The second-order valence-electron chi connectivity index (χ2n) is 4.93. The number of carbonyl (C=O) groups is 1. The SMILES string of the molecule is Cc1c(Br)cc(C(=O)O)cc1S(=O)(=O)N(C)C1CCOC1. The summed E-state index contributed by atoms with van der Waals surface area (Å²) in [4.78, 5) is 11.1. The monoisotopic (exact) mass is 377 g/mol. The molecule has 2 rings (SSSR count). The second kappa shape index (κ2) is 6.04. The second-order valence-corrected chi connectivity index (χ2v) is 7.75. The van der Waals surface area contributed by atoms with Gasteiger partial charge in [-0.25, -0.2) is 13.2 Å². The Morgan fingerprint density at radius 2 is 2.14 bits per heavy atom. The number of carboxylic acid groups (broad SMARTS) is 1. The third-order valence-corrected chi connectivity index (χ3v) is 6.48. The third-order valence-electron chi connectivity index (χ3n) is 3.62. The number of nitrogens with zero attached hydrogens (tertiary/aromatic N) is 1. The smallest absolute Gasteiger partial charge is 0.335 e. The van der Waals surface area contributed by atoms with E-state index in [1.807, 2.05) is 0 Å². The molecule has 0 saturated carbocycles. The van der Waals surface area contributed by atoms with Gasteiger partial charge in [0.1, 0.15) is 0 Å². The van der Waals surface area contributed by atoms with E-state index in [1.54, 1.807) is 6.92 Å². The molecule has 1 aromatic carbocycles. The fraction of sp³-hybridized carbons (Fsp3) is 0.462. The number of hydrogen-bond acceptors (Lipinski definition) is 4. The van der Waals surface area contributed by atoms with E-state index in [9.17, 15) is 13.2 Å². The summed E-state index contributed by atoms with van der Waals surface area (Å²) in [6.45, 7) is 2.53. The van der Waals surface area contributed by atoms with Crippen LogP contribution in [0.1, 0.15) is 22.3 Å². The summed E-state index contributed by atoms with van der Waals surface area (Å²) in [5.41, 5.74) is 0.424. The highest BCUT2D eigenvalue weighted by molar-refractivity contribution is 9.10. The molecule has 0 radical (unpaired) electrons. The molecular weight excluding hydrogens is 362 g/mol. The van der Waals surface area contributed by atoms with Crippen LogP contribution in [0.25, 0.3) is 0 Å². The van der Waals surface area contributed by atoms with Crippen molar-refractivity contribution in [2.75, 3.05) is 20.3 Å². The van der Waals surface area contributed by atoms with Crippen molar-refractivity contribution in [3.05, 3.63) is 27.7 Å². The van der Waals surface area contributed by atoms with Crippen LogP contribution in [0.3, 0.4) is 0 Å². The van der Waals surface area contributed by atoms with Crippen molar-refractivity contribution in [3.63, 3.8) is 0 Å². The molecule has 6 nitrogen and oxygen atoms in total. The Labute approximate surface area is 131 Å². The van der Waals surface area contributed by atoms with E-state index in [4.69, 9.17) is 9.84 Å². The highest BCUT2D eigenvalue weighted by Crippen LogP contribution is 2.29. The minimum absolute atomic E-state index is 0.00340. The zero-order valence-electron chi connectivity index (χ0n) is 11.7. The lowest BCUT2D eigenvalue weighted by molar-refractivity contribution is 0.0696. The number of carboxylic acids is 1.